The monoisotopic (exact) mass is 603 g/mol. The van der Waals surface area contributed by atoms with Crippen molar-refractivity contribution < 1.29 is 31.2 Å². The molecular weight excluding hydrogens is 567 g/mol. The number of aryl methyl sites for hydroxylation is 1. The van der Waals surface area contributed by atoms with Gasteiger partial charge in [0.2, 0.25) is 11.8 Å². The summed E-state index contributed by atoms with van der Waals surface area (Å²) in [4.78, 5) is 28.5. The number of benzene rings is 3. The standard InChI is InChI=1S/C31H36F3N3O4S/c1-6-27(29(39)35-30(3,4)5)36(20-23-13-10-12-22(2)18-23)28(38)21-37(42(40,41)26-16-8-7-9-17-26)25-15-11-14-24(19-25)31(32,33)34/h7-19,27H,6,20-21H2,1-5H3,(H,35,39)/t27-/m0/s1. The van der Waals surface area contributed by atoms with E-state index < -0.39 is 51.7 Å². The number of nitrogens with zero attached hydrogens (tertiary/aromatic N) is 2. The first-order valence-corrected chi connectivity index (χ1v) is 14.9. The molecule has 0 heterocycles. The van der Waals surface area contributed by atoms with Gasteiger partial charge in [-0.1, -0.05) is 61.0 Å². The molecule has 0 saturated heterocycles. The fourth-order valence-corrected chi connectivity index (χ4v) is 5.89. The Kier molecular flexibility index (Phi) is 10.1. The number of nitrogens with one attached hydrogen (secondary N) is 1. The summed E-state index contributed by atoms with van der Waals surface area (Å²) in [5.74, 6) is -1.17. The van der Waals surface area contributed by atoms with Crippen molar-refractivity contribution in [1.29, 1.82) is 0 Å². The molecule has 7 nitrogen and oxygen atoms in total. The van der Waals surface area contributed by atoms with Gasteiger partial charge >= 0.3 is 6.18 Å². The van der Waals surface area contributed by atoms with Crippen LogP contribution in [-0.2, 0) is 32.3 Å². The minimum absolute atomic E-state index is 0.0155. The molecule has 0 aromatic heterocycles. The number of hydrogen-bond donors (Lipinski definition) is 1. The minimum Gasteiger partial charge on any atom is -0.350 e. The fraction of sp³-hybridized carbons (Fsp3) is 0.355. The lowest BCUT2D eigenvalue weighted by Crippen LogP contribution is -2.55. The average Bonchev–Trinajstić information content (AvgIpc) is 2.90. The van der Waals surface area contributed by atoms with Crippen LogP contribution in [-0.4, -0.2) is 43.3 Å². The molecule has 42 heavy (non-hydrogen) atoms. The van der Waals surface area contributed by atoms with Gasteiger partial charge in [-0.3, -0.25) is 13.9 Å². The van der Waals surface area contributed by atoms with Crippen molar-refractivity contribution >= 4 is 27.5 Å². The Labute approximate surface area is 245 Å². The van der Waals surface area contributed by atoms with Crippen LogP contribution in [0.25, 0.3) is 0 Å². The number of carbonyl (C=O) groups is 2. The molecular formula is C31H36F3N3O4S. The van der Waals surface area contributed by atoms with E-state index in [4.69, 9.17) is 0 Å². The third-order valence-corrected chi connectivity index (χ3v) is 8.18. The van der Waals surface area contributed by atoms with Crippen molar-refractivity contribution in [3.63, 3.8) is 0 Å². The quantitative estimate of drug-likeness (QED) is 0.311. The van der Waals surface area contributed by atoms with Gasteiger partial charge in [-0.05, 0) is 70.0 Å². The highest BCUT2D eigenvalue weighted by Crippen LogP contribution is 2.33. The van der Waals surface area contributed by atoms with Crippen LogP contribution in [0.4, 0.5) is 18.9 Å². The predicted molar refractivity (Wildman–Crippen MR) is 156 cm³/mol. The molecule has 1 N–H and O–H groups in total. The van der Waals surface area contributed by atoms with E-state index in [1.165, 1.54) is 35.2 Å². The second-order valence-electron chi connectivity index (χ2n) is 11.0. The van der Waals surface area contributed by atoms with Crippen LogP contribution in [0.5, 0.6) is 0 Å². The van der Waals surface area contributed by atoms with Gasteiger partial charge in [-0.2, -0.15) is 13.2 Å². The molecule has 3 rings (SSSR count). The van der Waals surface area contributed by atoms with Gasteiger partial charge in [0.05, 0.1) is 16.1 Å². The molecule has 3 aromatic rings. The van der Waals surface area contributed by atoms with E-state index in [1.54, 1.807) is 45.9 Å². The smallest absolute Gasteiger partial charge is 0.350 e. The highest BCUT2D eigenvalue weighted by Gasteiger charge is 2.36. The molecule has 0 radical (unpaired) electrons. The van der Waals surface area contributed by atoms with Crippen LogP contribution in [0, 0.1) is 6.92 Å². The zero-order valence-electron chi connectivity index (χ0n) is 24.3. The number of rotatable bonds is 10. The molecule has 1 atom stereocenters. The van der Waals surface area contributed by atoms with Crippen LogP contribution >= 0.6 is 0 Å². The van der Waals surface area contributed by atoms with E-state index in [9.17, 15) is 31.2 Å². The van der Waals surface area contributed by atoms with E-state index in [0.29, 0.717) is 15.9 Å². The first-order chi connectivity index (χ1) is 19.5. The lowest BCUT2D eigenvalue weighted by atomic mass is 10.0. The van der Waals surface area contributed by atoms with Crippen molar-refractivity contribution in [2.45, 2.75) is 70.2 Å². The molecule has 0 fully saturated rings. The summed E-state index contributed by atoms with van der Waals surface area (Å²) in [5.41, 5.74) is -0.368. The van der Waals surface area contributed by atoms with E-state index >= 15 is 0 Å². The third kappa shape index (κ3) is 8.34. The Morgan fingerprint density at radius 1 is 0.905 bits per heavy atom. The maximum atomic E-state index is 14.1. The van der Waals surface area contributed by atoms with Gasteiger partial charge in [-0.25, -0.2) is 8.42 Å². The second kappa shape index (κ2) is 13.0. The highest BCUT2D eigenvalue weighted by molar-refractivity contribution is 7.92. The zero-order valence-corrected chi connectivity index (χ0v) is 25.1. The van der Waals surface area contributed by atoms with Crippen molar-refractivity contribution in [3.8, 4) is 0 Å². The fourth-order valence-electron chi connectivity index (χ4n) is 4.47. The van der Waals surface area contributed by atoms with Gasteiger partial charge in [0.15, 0.2) is 0 Å². The number of amides is 2. The van der Waals surface area contributed by atoms with Crippen molar-refractivity contribution in [2.75, 3.05) is 10.8 Å². The van der Waals surface area contributed by atoms with Gasteiger partial charge < -0.3 is 10.2 Å². The Balaban J connectivity index is 2.12. The van der Waals surface area contributed by atoms with Crippen molar-refractivity contribution in [2.24, 2.45) is 0 Å². The maximum Gasteiger partial charge on any atom is 0.416 e. The lowest BCUT2D eigenvalue weighted by Gasteiger charge is -2.35. The summed E-state index contributed by atoms with van der Waals surface area (Å²) in [5, 5.41) is 2.88. The summed E-state index contributed by atoms with van der Waals surface area (Å²) in [6.45, 7) is 8.16. The van der Waals surface area contributed by atoms with Crippen LogP contribution in [0.15, 0.2) is 83.8 Å². The molecule has 2 amide bonds. The molecule has 0 aliphatic heterocycles. The number of alkyl halides is 3. The molecule has 0 spiro atoms. The van der Waals surface area contributed by atoms with Crippen molar-refractivity contribution in [3.05, 3.63) is 95.6 Å². The van der Waals surface area contributed by atoms with Crippen LogP contribution in [0.3, 0.4) is 0 Å². The Hall–Kier alpha value is -3.86. The Morgan fingerprint density at radius 2 is 1.55 bits per heavy atom. The normalized spacial score (nSPS) is 12.9. The summed E-state index contributed by atoms with van der Waals surface area (Å²) < 4.78 is 69.1. The molecule has 0 saturated carbocycles. The van der Waals surface area contributed by atoms with E-state index in [1.807, 2.05) is 19.1 Å². The molecule has 226 valence electrons. The first kappa shape index (κ1) is 32.7. The summed E-state index contributed by atoms with van der Waals surface area (Å²) in [6.07, 6.45) is -4.52. The number of sulfonamides is 1. The van der Waals surface area contributed by atoms with Crippen LogP contribution < -0.4 is 9.62 Å². The van der Waals surface area contributed by atoms with Crippen LogP contribution in [0.1, 0.15) is 50.8 Å². The third-order valence-electron chi connectivity index (χ3n) is 6.39. The van der Waals surface area contributed by atoms with Crippen molar-refractivity contribution in [1.82, 2.24) is 10.2 Å². The Morgan fingerprint density at radius 3 is 2.12 bits per heavy atom. The van der Waals surface area contributed by atoms with Gasteiger partial charge in [-0.15, -0.1) is 0 Å². The van der Waals surface area contributed by atoms with E-state index in [2.05, 4.69) is 5.32 Å². The van der Waals surface area contributed by atoms with Gasteiger partial charge in [0.1, 0.15) is 12.6 Å². The number of anilines is 1. The predicted octanol–water partition coefficient (Wildman–Crippen LogP) is 5.93. The minimum atomic E-state index is -4.74. The van der Waals surface area contributed by atoms with Gasteiger partial charge in [0, 0.05) is 12.1 Å². The molecule has 0 aliphatic carbocycles. The van der Waals surface area contributed by atoms with E-state index in [0.717, 1.165) is 17.7 Å². The molecule has 3 aromatic carbocycles. The molecule has 0 aliphatic rings. The average molecular weight is 604 g/mol. The second-order valence-corrected chi connectivity index (χ2v) is 12.9. The zero-order chi connectivity index (χ0) is 31.3. The SMILES string of the molecule is CC[C@@H](C(=O)NC(C)(C)C)N(Cc1cccc(C)c1)C(=O)CN(c1cccc(C(F)(F)F)c1)S(=O)(=O)c1ccccc1. The number of hydrogen-bond acceptors (Lipinski definition) is 4. The largest absolute Gasteiger partial charge is 0.416 e. The highest BCUT2D eigenvalue weighted by atomic mass is 32.2. The summed E-state index contributed by atoms with van der Waals surface area (Å²) in [6, 6.07) is 17.3. The topological polar surface area (TPSA) is 86.8 Å². The maximum absolute atomic E-state index is 14.1. The van der Waals surface area contributed by atoms with Crippen LogP contribution in [0.2, 0.25) is 0 Å². The molecule has 11 heteroatoms. The number of halogens is 3. The first-order valence-electron chi connectivity index (χ1n) is 13.4. The number of carbonyl (C=O) groups excluding carboxylic acids is 2. The molecule has 0 bridgehead atoms. The van der Waals surface area contributed by atoms with E-state index in [-0.39, 0.29) is 23.5 Å². The summed E-state index contributed by atoms with van der Waals surface area (Å²) in [7, 11) is -4.49. The Bertz CT molecular complexity index is 1500. The van der Waals surface area contributed by atoms with Gasteiger partial charge in [0.25, 0.3) is 10.0 Å². The lowest BCUT2D eigenvalue weighted by molar-refractivity contribution is -0.141. The summed E-state index contributed by atoms with van der Waals surface area (Å²) >= 11 is 0. The molecule has 0 unspecified atom stereocenters.